The number of carbonyl (C=O) groups excluding carboxylic acids is 1. The van der Waals surface area contributed by atoms with E-state index in [1.54, 1.807) is 18.5 Å². The summed E-state index contributed by atoms with van der Waals surface area (Å²) in [7, 11) is 0. The Hall–Kier alpha value is -1.70. The molecule has 0 bridgehead atoms. The predicted octanol–water partition coefficient (Wildman–Crippen LogP) is 6.26. The molecular formula is C25H45N3O4. The van der Waals surface area contributed by atoms with E-state index < -0.39 is 5.97 Å². The molecule has 0 fully saturated rings. The number of amides is 2. The van der Waals surface area contributed by atoms with E-state index in [9.17, 15) is 4.79 Å². The zero-order chi connectivity index (χ0) is 23.3. The van der Waals surface area contributed by atoms with Crippen LogP contribution in [0.5, 0.6) is 0 Å². The summed E-state index contributed by atoms with van der Waals surface area (Å²) < 4.78 is 17.3. The molecule has 1 aromatic rings. The standard InChI is InChI=1S/C25H45N3O4/c1-4-30-25(31-5-2,32-6-3)19-15-13-11-9-7-8-10-12-14-16-21-27-24(29)28-23-18-17-20-26-22-23/h17-18,20,22H,4-16,19,21H2,1-3H3,(H2,27,28,29). The fourth-order valence-corrected chi connectivity index (χ4v) is 3.70. The van der Waals surface area contributed by atoms with Gasteiger partial charge in [0.1, 0.15) is 0 Å². The van der Waals surface area contributed by atoms with Crippen molar-refractivity contribution in [3.05, 3.63) is 24.5 Å². The van der Waals surface area contributed by atoms with E-state index in [0.29, 0.717) is 32.1 Å². The Morgan fingerprint density at radius 1 is 0.844 bits per heavy atom. The number of pyridine rings is 1. The van der Waals surface area contributed by atoms with Crippen LogP contribution in [-0.2, 0) is 14.2 Å². The van der Waals surface area contributed by atoms with Gasteiger partial charge in [-0.2, -0.15) is 0 Å². The van der Waals surface area contributed by atoms with E-state index in [1.807, 2.05) is 26.8 Å². The second-order valence-electron chi connectivity index (χ2n) is 7.89. The maximum absolute atomic E-state index is 11.8. The van der Waals surface area contributed by atoms with Crippen LogP contribution in [-0.4, -0.2) is 43.4 Å². The summed E-state index contributed by atoms with van der Waals surface area (Å²) in [6.07, 6.45) is 16.1. The largest absolute Gasteiger partial charge is 0.338 e. The van der Waals surface area contributed by atoms with Crippen LogP contribution in [0.3, 0.4) is 0 Å². The Bertz CT molecular complexity index is 555. The summed E-state index contributed by atoms with van der Waals surface area (Å²) in [5.41, 5.74) is 0.710. The number of unbranched alkanes of at least 4 members (excludes halogenated alkanes) is 9. The minimum Gasteiger partial charge on any atom is -0.338 e. The van der Waals surface area contributed by atoms with Gasteiger partial charge in [-0.15, -0.1) is 0 Å². The van der Waals surface area contributed by atoms with Crippen molar-refractivity contribution in [2.24, 2.45) is 0 Å². The molecule has 1 aromatic heterocycles. The minimum atomic E-state index is -0.855. The van der Waals surface area contributed by atoms with Crippen LogP contribution in [0.1, 0.15) is 91.4 Å². The molecule has 1 heterocycles. The first kappa shape index (κ1) is 28.3. The molecule has 0 aliphatic heterocycles. The molecule has 32 heavy (non-hydrogen) atoms. The maximum atomic E-state index is 11.8. The zero-order valence-corrected chi connectivity index (χ0v) is 20.5. The highest BCUT2D eigenvalue weighted by Gasteiger charge is 2.31. The molecule has 184 valence electrons. The van der Waals surface area contributed by atoms with Gasteiger partial charge in [-0.05, 0) is 45.7 Å². The molecule has 0 saturated heterocycles. The number of urea groups is 1. The molecule has 2 N–H and O–H groups in total. The summed E-state index contributed by atoms with van der Waals surface area (Å²) in [4.78, 5) is 15.8. The fourth-order valence-electron chi connectivity index (χ4n) is 3.70. The number of anilines is 1. The van der Waals surface area contributed by atoms with Gasteiger partial charge in [-0.3, -0.25) is 4.98 Å². The monoisotopic (exact) mass is 451 g/mol. The molecule has 0 unspecified atom stereocenters. The first-order chi connectivity index (χ1) is 15.7. The number of rotatable bonds is 20. The summed E-state index contributed by atoms with van der Waals surface area (Å²) in [5.74, 6) is -0.855. The van der Waals surface area contributed by atoms with Gasteiger partial charge in [0.25, 0.3) is 5.97 Å². The number of nitrogens with zero attached hydrogens (tertiary/aromatic N) is 1. The molecule has 2 amide bonds. The van der Waals surface area contributed by atoms with Gasteiger partial charge in [0.15, 0.2) is 0 Å². The Labute approximate surface area is 195 Å². The van der Waals surface area contributed by atoms with E-state index in [1.165, 1.54) is 44.9 Å². The summed E-state index contributed by atoms with van der Waals surface area (Å²) in [6, 6.07) is 3.45. The van der Waals surface area contributed by atoms with Gasteiger partial charge in [0.05, 0.1) is 11.9 Å². The van der Waals surface area contributed by atoms with E-state index in [2.05, 4.69) is 15.6 Å². The molecule has 7 heteroatoms. The van der Waals surface area contributed by atoms with Crippen molar-refractivity contribution < 1.29 is 19.0 Å². The first-order valence-electron chi connectivity index (χ1n) is 12.5. The third-order valence-electron chi connectivity index (χ3n) is 5.21. The third kappa shape index (κ3) is 13.7. The van der Waals surface area contributed by atoms with Gasteiger partial charge < -0.3 is 24.8 Å². The van der Waals surface area contributed by atoms with Crippen molar-refractivity contribution >= 4 is 11.7 Å². The Morgan fingerprint density at radius 2 is 1.38 bits per heavy atom. The van der Waals surface area contributed by atoms with Crippen LogP contribution in [0, 0.1) is 0 Å². The van der Waals surface area contributed by atoms with Crippen LogP contribution in [0.4, 0.5) is 10.5 Å². The maximum Gasteiger partial charge on any atom is 0.319 e. The highest BCUT2D eigenvalue weighted by atomic mass is 16.9. The molecule has 0 aliphatic carbocycles. The van der Waals surface area contributed by atoms with Crippen LogP contribution in [0.2, 0.25) is 0 Å². The van der Waals surface area contributed by atoms with E-state index in [4.69, 9.17) is 14.2 Å². The summed E-state index contributed by atoms with van der Waals surface area (Å²) in [5, 5.41) is 5.67. The van der Waals surface area contributed by atoms with Gasteiger partial charge in [0.2, 0.25) is 0 Å². The molecule has 0 aromatic carbocycles. The Balaban J connectivity index is 1.93. The lowest BCUT2D eigenvalue weighted by atomic mass is 10.1. The van der Waals surface area contributed by atoms with Crippen molar-refractivity contribution in [1.82, 2.24) is 10.3 Å². The number of hydrogen-bond donors (Lipinski definition) is 2. The molecular weight excluding hydrogens is 406 g/mol. The molecule has 0 aliphatic rings. The average Bonchev–Trinajstić information content (AvgIpc) is 2.78. The molecule has 1 rings (SSSR count). The molecule has 7 nitrogen and oxygen atoms in total. The van der Waals surface area contributed by atoms with Crippen LogP contribution in [0.15, 0.2) is 24.5 Å². The number of aromatic nitrogens is 1. The second-order valence-corrected chi connectivity index (χ2v) is 7.89. The van der Waals surface area contributed by atoms with Crippen molar-refractivity contribution in [1.29, 1.82) is 0 Å². The molecule has 0 radical (unpaired) electrons. The molecule has 0 saturated carbocycles. The zero-order valence-electron chi connectivity index (χ0n) is 20.5. The molecule has 0 spiro atoms. The van der Waals surface area contributed by atoms with Gasteiger partial charge >= 0.3 is 6.03 Å². The van der Waals surface area contributed by atoms with Crippen molar-refractivity contribution in [2.75, 3.05) is 31.7 Å². The lowest BCUT2D eigenvalue weighted by Gasteiger charge is -2.32. The smallest absolute Gasteiger partial charge is 0.319 e. The van der Waals surface area contributed by atoms with Crippen molar-refractivity contribution in [2.45, 2.75) is 97.4 Å². The van der Waals surface area contributed by atoms with E-state index in [0.717, 1.165) is 25.7 Å². The first-order valence-corrected chi connectivity index (χ1v) is 12.5. The lowest BCUT2D eigenvalue weighted by molar-refractivity contribution is -0.380. The van der Waals surface area contributed by atoms with Gasteiger partial charge in [-0.1, -0.05) is 51.4 Å². The Kier molecular flexibility index (Phi) is 16.7. The SMILES string of the molecule is CCOC(CCCCCCCCCCCCNC(=O)Nc1cccnc1)(OCC)OCC. The van der Waals surface area contributed by atoms with Crippen molar-refractivity contribution in [3.8, 4) is 0 Å². The predicted molar refractivity (Wildman–Crippen MR) is 130 cm³/mol. The average molecular weight is 452 g/mol. The van der Waals surface area contributed by atoms with Crippen LogP contribution in [0.25, 0.3) is 0 Å². The number of hydrogen-bond acceptors (Lipinski definition) is 5. The highest BCUT2D eigenvalue weighted by molar-refractivity contribution is 5.88. The minimum absolute atomic E-state index is 0.168. The summed E-state index contributed by atoms with van der Waals surface area (Å²) >= 11 is 0. The normalized spacial score (nSPS) is 11.5. The highest BCUT2D eigenvalue weighted by Crippen LogP contribution is 2.24. The van der Waals surface area contributed by atoms with Crippen LogP contribution < -0.4 is 10.6 Å². The Morgan fingerprint density at radius 3 is 1.88 bits per heavy atom. The quantitative estimate of drug-likeness (QED) is 0.181. The van der Waals surface area contributed by atoms with E-state index >= 15 is 0 Å². The van der Waals surface area contributed by atoms with Crippen LogP contribution >= 0.6 is 0 Å². The number of ether oxygens (including phenoxy) is 3. The second kappa shape index (κ2) is 18.8. The number of carbonyl (C=O) groups is 1. The molecule has 0 atom stereocenters. The van der Waals surface area contributed by atoms with Crippen molar-refractivity contribution in [3.63, 3.8) is 0 Å². The van der Waals surface area contributed by atoms with Gasteiger partial charge in [0, 0.05) is 39.0 Å². The number of nitrogens with one attached hydrogen (secondary N) is 2. The fraction of sp³-hybridized carbons (Fsp3) is 0.760. The topological polar surface area (TPSA) is 81.7 Å². The van der Waals surface area contributed by atoms with E-state index in [-0.39, 0.29) is 6.03 Å². The van der Waals surface area contributed by atoms with Gasteiger partial charge in [-0.25, -0.2) is 4.79 Å². The third-order valence-corrected chi connectivity index (χ3v) is 5.21. The summed E-state index contributed by atoms with van der Waals surface area (Å²) in [6.45, 7) is 8.41. The lowest BCUT2D eigenvalue weighted by Crippen LogP contribution is -2.39.